The number of carboxylic acids is 1. The van der Waals surface area contributed by atoms with Crippen LogP contribution >= 0.6 is 0 Å². The Kier molecular flexibility index (Phi) is 15.5. The van der Waals surface area contributed by atoms with Crippen molar-refractivity contribution in [3.8, 4) is 0 Å². The van der Waals surface area contributed by atoms with E-state index in [1.807, 2.05) is 32.9 Å². The van der Waals surface area contributed by atoms with Gasteiger partial charge in [-0.15, -0.1) is 0 Å². The van der Waals surface area contributed by atoms with Crippen molar-refractivity contribution < 1.29 is 14.6 Å². The van der Waals surface area contributed by atoms with Gasteiger partial charge in [-0.05, 0) is 30.9 Å². The van der Waals surface area contributed by atoms with Crippen molar-refractivity contribution in [2.24, 2.45) is 0 Å². The van der Waals surface area contributed by atoms with Crippen LogP contribution < -0.4 is 0 Å². The Labute approximate surface area is 117 Å². The van der Waals surface area contributed by atoms with E-state index in [9.17, 15) is 4.79 Å². The highest BCUT2D eigenvalue weighted by Crippen LogP contribution is 2.06. The minimum Gasteiger partial charge on any atom is -0.481 e. The number of benzene rings is 1. The predicted octanol–water partition coefficient (Wildman–Crippen LogP) is 3.95. The molecule has 1 aromatic rings. The molecular formula is C16H28O3. The quantitative estimate of drug-likeness (QED) is 0.879. The summed E-state index contributed by atoms with van der Waals surface area (Å²) in [5.74, 6) is -0.737. The highest BCUT2D eigenvalue weighted by atomic mass is 16.5. The minimum atomic E-state index is -0.737. The number of ether oxygens (including phenoxy) is 1. The molecule has 0 spiro atoms. The molecule has 3 heteroatoms. The van der Waals surface area contributed by atoms with Crippen molar-refractivity contribution in [2.75, 3.05) is 13.7 Å². The standard InChI is InChI=1S/C11H14O2.C3H8O.C2H6/c1-2-9-3-5-10(6-4-9)7-8-11(12)13;1-3-4-2;1-2/h3-6H,2,7-8H2,1H3,(H,12,13);3H2,1-2H3;1-2H3. The lowest BCUT2D eigenvalue weighted by atomic mass is 10.1. The number of carbonyl (C=O) groups is 1. The van der Waals surface area contributed by atoms with Crippen molar-refractivity contribution in [3.05, 3.63) is 35.4 Å². The van der Waals surface area contributed by atoms with Gasteiger partial charge in [0.2, 0.25) is 0 Å². The van der Waals surface area contributed by atoms with E-state index in [-0.39, 0.29) is 6.42 Å². The van der Waals surface area contributed by atoms with Gasteiger partial charge in [-0.1, -0.05) is 45.0 Å². The highest BCUT2D eigenvalue weighted by molar-refractivity contribution is 5.67. The van der Waals surface area contributed by atoms with E-state index < -0.39 is 5.97 Å². The van der Waals surface area contributed by atoms with Gasteiger partial charge in [-0.25, -0.2) is 0 Å². The van der Waals surface area contributed by atoms with Crippen LogP contribution in [0, 0.1) is 0 Å². The largest absolute Gasteiger partial charge is 0.481 e. The molecule has 0 aliphatic heterocycles. The van der Waals surface area contributed by atoms with Crippen LogP contribution in [-0.4, -0.2) is 24.8 Å². The molecular weight excluding hydrogens is 240 g/mol. The van der Waals surface area contributed by atoms with Gasteiger partial charge in [-0.3, -0.25) is 4.79 Å². The fraction of sp³-hybridized carbons (Fsp3) is 0.562. The third kappa shape index (κ3) is 12.9. The fourth-order valence-electron chi connectivity index (χ4n) is 1.19. The summed E-state index contributed by atoms with van der Waals surface area (Å²) in [7, 11) is 1.68. The zero-order valence-electron chi connectivity index (χ0n) is 12.9. The maximum Gasteiger partial charge on any atom is 0.303 e. The Morgan fingerprint density at radius 1 is 1.11 bits per heavy atom. The lowest BCUT2D eigenvalue weighted by Gasteiger charge is -2.00. The molecule has 19 heavy (non-hydrogen) atoms. The first-order chi connectivity index (χ1) is 9.13. The van der Waals surface area contributed by atoms with E-state index in [2.05, 4.69) is 23.8 Å². The molecule has 1 rings (SSSR count). The smallest absolute Gasteiger partial charge is 0.303 e. The maximum atomic E-state index is 10.3. The van der Waals surface area contributed by atoms with Gasteiger partial charge >= 0.3 is 5.97 Å². The van der Waals surface area contributed by atoms with Crippen LogP contribution in [0.3, 0.4) is 0 Å². The third-order valence-electron chi connectivity index (χ3n) is 2.35. The Balaban J connectivity index is 0. The van der Waals surface area contributed by atoms with E-state index in [4.69, 9.17) is 5.11 Å². The van der Waals surface area contributed by atoms with E-state index in [1.54, 1.807) is 7.11 Å². The third-order valence-corrected chi connectivity index (χ3v) is 2.35. The second kappa shape index (κ2) is 14.7. The van der Waals surface area contributed by atoms with Gasteiger partial charge in [0.25, 0.3) is 0 Å². The van der Waals surface area contributed by atoms with Gasteiger partial charge in [-0.2, -0.15) is 0 Å². The zero-order valence-corrected chi connectivity index (χ0v) is 12.9. The highest BCUT2D eigenvalue weighted by Gasteiger charge is 1.98. The SMILES string of the molecule is CC.CCOC.CCc1ccc(CCC(=O)O)cc1. The number of hydrogen-bond donors (Lipinski definition) is 1. The summed E-state index contributed by atoms with van der Waals surface area (Å²) in [6, 6.07) is 8.11. The molecule has 0 fully saturated rings. The number of methoxy groups -OCH3 is 1. The van der Waals surface area contributed by atoms with Crippen LogP contribution in [0.5, 0.6) is 0 Å². The van der Waals surface area contributed by atoms with Crippen molar-refractivity contribution >= 4 is 5.97 Å². The first kappa shape index (κ1) is 20.0. The summed E-state index contributed by atoms with van der Waals surface area (Å²) in [4.78, 5) is 10.3. The van der Waals surface area contributed by atoms with Gasteiger partial charge in [0, 0.05) is 20.1 Å². The Bertz CT molecular complexity index is 302. The van der Waals surface area contributed by atoms with Gasteiger partial charge in [0.15, 0.2) is 0 Å². The lowest BCUT2D eigenvalue weighted by molar-refractivity contribution is -0.136. The summed E-state index contributed by atoms with van der Waals surface area (Å²) in [5, 5.41) is 8.48. The molecule has 0 unspecified atom stereocenters. The predicted molar refractivity (Wildman–Crippen MR) is 80.7 cm³/mol. The Morgan fingerprint density at radius 3 is 1.84 bits per heavy atom. The Hall–Kier alpha value is -1.35. The molecule has 1 aromatic carbocycles. The average Bonchev–Trinajstić information content (AvgIpc) is 2.48. The van der Waals surface area contributed by atoms with E-state index >= 15 is 0 Å². The molecule has 0 aliphatic carbocycles. The minimum absolute atomic E-state index is 0.214. The van der Waals surface area contributed by atoms with Crippen molar-refractivity contribution in [2.45, 2.75) is 47.0 Å². The summed E-state index contributed by atoms with van der Waals surface area (Å²) in [6.45, 7) is 8.88. The van der Waals surface area contributed by atoms with Crippen molar-refractivity contribution in [1.82, 2.24) is 0 Å². The topological polar surface area (TPSA) is 46.5 Å². The fourth-order valence-corrected chi connectivity index (χ4v) is 1.19. The molecule has 0 radical (unpaired) electrons. The van der Waals surface area contributed by atoms with Crippen LogP contribution in [0.2, 0.25) is 0 Å². The molecule has 0 amide bonds. The molecule has 0 saturated carbocycles. The summed E-state index contributed by atoms with van der Waals surface area (Å²) < 4.78 is 4.54. The van der Waals surface area contributed by atoms with E-state index in [1.165, 1.54) is 5.56 Å². The molecule has 0 bridgehead atoms. The number of carboxylic acid groups (broad SMARTS) is 1. The molecule has 0 saturated heterocycles. The summed E-state index contributed by atoms with van der Waals surface area (Å²) in [6.07, 6.45) is 1.87. The van der Waals surface area contributed by atoms with E-state index in [0.717, 1.165) is 18.6 Å². The van der Waals surface area contributed by atoms with Crippen LogP contribution in [0.4, 0.5) is 0 Å². The number of aryl methyl sites for hydroxylation is 2. The molecule has 3 nitrogen and oxygen atoms in total. The number of hydrogen-bond acceptors (Lipinski definition) is 2. The van der Waals surface area contributed by atoms with Crippen molar-refractivity contribution in [3.63, 3.8) is 0 Å². The average molecular weight is 268 g/mol. The lowest BCUT2D eigenvalue weighted by Crippen LogP contribution is -1.97. The maximum absolute atomic E-state index is 10.3. The first-order valence-electron chi connectivity index (χ1n) is 6.92. The molecule has 0 heterocycles. The van der Waals surface area contributed by atoms with E-state index in [0.29, 0.717) is 6.42 Å². The molecule has 0 aromatic heterocycles. The van der Waals surface area contributed by atoms with Gasteiger partial charge in [0.05, 0.1) is 0 Å². The summed E-state index contributed by atoms with van der Waals surface area (Å²) in [5.41, 5.74) is 2.39. The van der Waals surface area contributed by atoms with Crippen LogP contribution in [0.1, 0.15) is 45.2 Å². The Morgan fingerprint density at radius 2 is 1.53 bits per heavy atom. The van der Waals surface area contributed by atoms with Crippen LogP contribution in [0.15, 0.2) is 24.3 Å². The first-order valence-corrected chi connectivity index (χ1v) is 6.92. The molecule has 110 valence electrons. The second-order valence-corrected chi connectivity index (χ2v) is 3.64. The zero-order chi connectivity index (χ0) is 15.1. The number of aliphatic carboxylic acids is 1. The molecule has 0 aliphatic rings. The van der Waals surface area contributed by atoms with Crippen LogP contribution in [-0.2, 0) is 22.4 Å². The number of rotatable bonds is 5. The molecule has 1 N–H and O–H groups in total. The monoisotopic (exact) mass is 268 g/mol. The van der Waals surface area contributed by atoms with Crippen molar-refractivity contribution in [1.29, 1.82) is 0 Å². The van der Waals surface area contributed by atoms with Gasteiger partial charge in [0.1, 0.15) is 0 Å². The molecule has 0 atom stereocenters. The van der Waals surface area contributed by atoms with Crippen LogP contribution in [0.25, 0.3) is 0 Å². The summed E-state index contributed by atoms with van der Waals surface area (Å²) >= 11 is 0. The second-order valence-electron chi connectivity index (χ2n) is 3.64. The van der Waals surface area contributed by atoms with Gasteiger partial charge < -0.3 is 9.84 Å². The normalized spacial score (nSPS) is 8.68.